The first-order chi connectivity index (χ1) is 7.81. The van der Waals surface area contributed by atoms with Crippen molar-refractivity contribution >= 4 is 6.09 Å². The Morgan fingerprint density at radius 3 is 2.81 bits per heavy atom. The summed E-state index contributed by atoms with van der Waals surface area (Å²) in [6, 6.07) is 0.466. The number of carbonyl (C=O) groups is 1. The van der Waals surface area contributed by atoms with Crippen LogP contribution in [0.3, 0.4) is 0 Å². The van der Waals surface area contributed by atoms with Gasteiger partial charge in [0.15, 0.2) is 0 Å². The van der Waals surface area contributed by atoms with Gasteiger partial charge in [0.2, 0.25) is 0 Å². The molecule has 1 aliphatic rings. The summed E-state index contributed by atoms with van der Waals surface area (Å²) in [4.78, 5) is 17.3. The molecule has 88 valence electrons. The number of rotatable bonds is 2. The summed E-state index contributed by atoms with van der Waals surface area (Å²) in [6.07, 6.45) is 7.35. The second-order valence-electron chi connectivity index (χ2n) is 3.93. The van der Waals surface area contributed by atoms with Gasteiger partial charge in [-0.1, -0.05) is 0 Å². The lowest BCUT2D eigenvalue weighted by molar-refractivity contribution is 0.0927. The molecule has 2 rings (SSSR count). The number of ether oxygens (including phenoxy) is 1. The van der Waals surface area contributed by atoms with E-state index in [-0.39, 0.29) is 6.09 Å². The number of imidazole rings is 1. The van der Waals surface area contributed by atoms with Gasteiger partial charge in [-0.2, -0.15) is 0 Å². The molecule has 5 heteroatoms. The fraction of sp³-hybridized carbons (Fsp3) is 0.636. The number of aromatic nitrogens is 2. The van der Waals surface area contributed by atoms with Gasteiger partial charge in [0.1, 0.15) is 0 Å². The van der Waals surface area contributed by atoms with Crippen molar-refractivity contribution in [2.45, 2.75) is 25.8 Å². The molecular weight excluding hydrogens is 206 g/mol. The van der Waals surface area contributed by atoms with Crippen LogP contribution < -0.4 is 0 Å². The van der Waals surface area contributed by atoms with E-state index >= 15 is 0 Å². The number of amides is 1. The van der Waals surface area contributed by atoms with Gasteiger partial charge in [-0.05, 0) is 19.8 Å². The van der Waals surface area contributed by atoms with Crippen LogP contribution in [0.25, 0.3) is 0 Å². The molecular formula is C11H17N3O2. The number of carbonyl (C=O) groups excluding carboxylic acids is 1. The Labute approximate surface area is 95.0 Å². The van der Waals surface area contributed by atoms with E-state index in [2.05, 4.69) is 9.55 Å². The van der Waals surface area contributed by atoms with Crippen LogP contribution in [0.15, 0.2) is 18.7 Å². The van der Waals surface area contributed by atoms with E-state index in [1.54, 1.807) is 11.1 Å². The number of nitrogens with zero attached hydrogens (tertiary/aromatic N) is 3. The van der Waals surface area contributed by atoms with E-state index in [0.717, 1.165) is 25.9 Å². The maximum Gasteiger partial charge on any atom is 0.409 e. The predicted molar refractivity (Wildman–Crippen MR) is 59.1 cm³/mol. The highest BCUT2D eigenvalue weighted by atomic mass is 16.6. The summed E-state index contributed by atoms with van der Waals surface area (Å²) in [5.41, 5.74) is 0. The quantitative estimate of drug-likeness (QED) is 0.766. The van der Waals surface area contributed by atoms with Crippen LogP contribution >= 0.6 is 0 Å². The molecule has 1 amide bonds. The monoisotopic (exact) mass is 223 g/mol. The molecule has 2 heterocycles. The zero-order valence-corrected chi connectivity index (χ0v) is 9.50. The zero-order valence-electron chi connectivity index (χ0n) is 9.50. The summed E-state index contributed by atoms with van der Waals surface area (Å²) in [5.74, 6) is 0. The maximum absolute atomic E-state index is 11.5. The van der Waals surface area contributed by atoms with Crippen molar-refractivity contribution in [1.82, 2.24) is 14.5 Å². The molecule has 1 aromatic rings. The number of likely N-dealkylation sites (tertiary alicyclic amines) is 1. The molecule has 0 atom stereocenters. The Balaban J connectivity index is 1.85. The third-order valence-electron chi connectivity index (χ3n) is 2.94. The van der Waals surface area contributed by atoms with Gasteiger partial charge < -0.3 is 14.2 Å². The molecule has 5 nitrogen and oxygen atoms in total. The van der Waals surface area contributed by atoms with Crippen LogP contribution in [0, 0.1) is 0 Å². The number of hydrogen-bond acceptors (Lipinski definition) is 3. The van der Waals surface area contributed by atoms with E-state index in [4.69, 9.17) is 4.74 Å². The summed E-state index contributed by atoms with van der Waals surface area (Å²) < 4.78 is 7.09. The highest BCUT2D eigenvalue weighted by Crippen LogP contribution is 2.22. The van der Waals surface area contributed by atoms with Crippen LogP contribution in [-0.2, 0) is 4.74 Å². The summed E-state index contributed by atoms with van der Waals surface area (Å²) in [7, 11) is 0. The number of piperidine rings is 1. The highest BCUT2D eigenvalue weighted by molar-refractivity contribution is 5.67. The molecule has 1 fully saturated rings. The van der Waals surface area contributed by atoms with Gasteiger partial charge in [-0.15, -0.1) is 0 Å². The second kappa shape index (κ2) is 5.01. The lowest BCUT2D eigenvalue weighted by Crippen LogP contribution is -2.39. The fourth-order valence-corrected chi connectivity index (χ4v) is 2.05. The smallest absolute Gasteiger partial charge is 0.409 e. The molecule has 0 aliphatic carbocycles. The van der Waals surface area contributed by atoms with Gasteiger partial charge in [-0.3, -0.25) is 0 Å². The molecule has 0 unspecified atom stereocenters. The molecule has 0 N–H and O–H groups in total. The first-order valence-corrected chi connectivity index (χ1v) is 5.70. The lowest BCUT2D eigenvalue weighted by atomic mass is 10.1. The van der Waals surface area contributed by atoms with Crippen molar-refractivity contribution in [3.05, 3.63) is 18.7 Å². The molecule has 1 aliphatic heterocycles. The largest absolute Gasteiger partial charge is 0.450 e. The second-order valence-corrected chi connectivity index (χ2v) is 3.93. The van der Waals surface area contributed by atoms with Crippen LogP contribution in [0.5, 0.6) is 0 Å². The summed E-state index contributed by atoms with van der Waals surface area (Å²) in [5, 5.41) is 0. The van der Waals surface area contributed by atoms with E-state index in [0.29, 0.717) is 12.6 Å². The molecule has 0 radical (unpaired) electrons. The SMILES string of the molecule is CCOC(=O)N1CCC(n2ccnc2)CC1. The highest BCUT2D eigenvalue weighted by Gasteiger charge is 2.23. The first-order valence-electron chi connectivity index (χ1n) is 5.70. The van der Waals surface area contributed by atoms with Crippen LogP contribution in [0.1, 0.15) is 25.8 Å². The molecule has 0 aromatic carbocycles. The third kappa shape index (κ3) is 2.35. The topological polar surface area (TPSA) is 47.4 Å². The van der Waals surface area contributed by atoms with Gasteiger partial charge in [0, 0.05) is 31.5 Å². The Bertz CT molecular complexity index is 329. The fourth-order valence-electron chi connectivity index (χ4n) is 2.05. The molecule has 16 heavy (non-hydrogen) atoms. The Morgan fingerprint density at radius 2 is 2.25 bits per heavy atom. The van der Waals surface area contributed by atoms with Crippen LogP contribution in [0.2, 0.25) is 0 Å². The van der Waals surface area contributed by atoms with E-state index < -0.39 is 0 Å². The van der Waals surface area contributed by atoms with Crippen molar-refractivity contribution in [1.29, 1.82) is 0 Å². The van der Waals surface area contributed by atoms with Gasteiger partial charge >= 0.3 is 6.09 Å². The minimum absolute atomic E-state index is 0.188. The Hall–Kier alpha value is -1.52. The zero-order chi connectivity index (χ0) is 11.4. The molecule has 0 spiro atoms. The minimum atomic E-state index is -0.188. The van der Waals surface area contributed by atoms with Crippen molar-refractivity contribution in [2.24, 2.45) is 0 Å². The van der Waals surface area contributed by atoms with Gasteiger partial charge in [0.05, 0.1) is 12.9 Å². The molecule has 1 saturated heterocycles. The maximum atomic E-state index is 11.5. The van der Waals surface area contributed by atoms with Crippen LogP contribution in [0.4, 0.5) is 4.79 Å². The van der Waals surface area contributed by atoms with Crippen molar-refractivity contribution < 1.29 is 9.53 Å². The molecule has 0 bridgehead atoms. The number of hydrogen-bond donors (Lipinski definition) is 0. The van der Waals surface area contributed by atoms with Crippen molar-refractivity contribution in [3.8, 4) is 0 Å². The van der Waals surface area contributed by atoms with Crippen molar-refractivity contribution in [2.75, 3.05) is 19.7 Å². The summed E-state index contributed by atoms with van der Waals surface area (Å²) >= 11 is 0. The molecule has 1 aromatic heterocycles. The average Bonchev–Trinajstić information content (AvgIpc) is 2.83. The first kappa shape index (κ1) is 11.0. The van der Waals surface area contributed by atoms with Crippen LogP contribution in [-0.4, -0.2) is 40.2 Å². The van der Waals surface area contributed by atoms with Gasteiger partial charge in [-0.25, -0.2) is 9.78 Å². The van der Waals surface area contributed by atoms with Crippen molar-refractivity contribution in [3.63, 3.8) is 0 Å². The average molecular weight is 223 g/mol. The summed E-state index contributed by atoms with van der Waals surface area (Å²) in [6.45, 7) is 3.81. The Morgan fingerprint density at radius 1 is 1.50 bits per heavy atom. The predicted octanol–water partition coefficient (Wildman–Crippen LogP) is 1.68. The van der Waals surface area contributed by atoms with Gasteiger partial charge in [0.25, 0.3) is 0 Å². The van der Waals surface area contributed by atoms with E-state index in [1.165, 1.54) is 0 Å². The van der Waals surface area contributed by atoms with E-state index in [1.807, 2.05) is 19.4 Å². The third-order valence-corrected chi connectivity index (χ3v) is 2.94. The normalized spacial score (nSPS) is 17.4. The lowest BCUT2D eigenvalue weighted by Gasteiger charge is -2.31. The minimum Gasteiger partial charge on any atom is -0.450 e. The standard InChI is InChI=1S/C11H17N3O2/c1-2-16-11(15)13-6-3-10(4-7-13)14-8-5-12-9-14/h5,8-10H,2-4,6-7H2,1H3. The van der Waals surface area contributed by atoms with E-state index in [9.17, 15) is 4.79 Å². The Kier molecular flexibility index (Phi) is 3.44. The molecule has 0 saturated carbocycles.